The minimum Gasteiger partial charge on any atom is -0.478 e. The smallest absolute Gasteiger partial charge is 0.448 e. The molecule has 0 aliphatic carbocycles. The highest BCUT2D eigenvalue weighted by Gasteiger charge is 2.62. The number of alkyl halides is 4. The summed E-state index contributed by atoms with van der Waals surface area (Å²) >= 11 is 0. The lowest BCUT2D eigenvalue weighted by Gasteiger charge is -2.23. The third-order valence-corrected chi connectivity index (χ3v) is 1.11. The van der Waals surface area contributed by atoms with Crippen molar-refractivity contribution in [2.75, 3.05) is 6.54 Å². The van der Waals surface area contributed by atoms with E-state index in [0.29, 0.717) is 0 Å². The van der Waals surface area contributed by atoms with Gasteiger partial charge in [0.2, 0.25) is 0 Å². The van der Waals surface area contributed by atoms with Crippen molar-refractivity contribution in [1.82, 2.24) is 5.32 Å². The number of rotatable bonds is 3. The molecule has 1 atom stereocenters. The van der Waals surface area contributed by atoms with E-state index in [1.165, 1.54) is 12.2 Å². The molecule has 3 nitrogen and oxygen atoms in total. The van der Waals surface area contributed by atoms with Crippen molar-refractivity contribution in [3.63, 3.8) is 0 Å². The fourth-order valence-corrected chi connectivity index (χ4v) is 0.541. The van der Waals surface area contributed by atoms with Crippen LogP contribution < -0.4 is 5.32 Å². The second kappa shape index (κ2) is 3.26. The van der Waals surface area contributed by atoms with Crippen LogP contribution in [0.25, 0.3) is 0 Å². The summed E-state index contributed by atoms with van der Waals surface area (Å²) in [7, 11) is 0. The highest BCUT2D eigenvalue weighted by atomic mass is 19.4. The molecule has 0 bridgehead atoms. The molecule has 0 aliphatic heterocycles. The summed E-state index contributed by atoms with van der Waals surface area (Å²) in [5.41, 5.74) is 0. The van der Waals surface area contributed by atoms with E-state index in [0.717, 1.165) is 0 Å². The monoisotopic (exact) mass is 189 g/mol. The molecule has 0 saturated carbocycles. The van der Waals surface area contributed by atoms with Gasteiger partial charge in [-0.05, 0) is 6.54 Å². The first-order chi connectivity index (χ1) is 5.25. The van der Waals surface area contributed by atoms with Crippen LogP contribution in [0.3, 0.4) is 0 Å². The van der Waals surface area contributed by atoms with E-state index in [4.69, 9.17) is 5.11 Å². The average Bonchev–Trinajstić information content (AvgIpc) is 1.85. The zero-order chi connectivity index (χ0) is 9.99. The summed E-state index contributed by atoms with van der Waals surface area (Å²) in [4.78, 5) is 9.90. The third kappa shape index (κ3) is 1.84. The van der Waals surface area contributed by atoms with E-state index >= 15 is 0 Å². The molecule has 0 aliphatic rings. The van der Waals surface area contributed by atoms with E-state index in [1.54, 1.807) is 0 Å². The molecule has 0 aromatic carbocycles. The van der Waals surface area contributed by atoms with Gasteiger partial charge in [-0.3, -0.25) is 5.32 Å². The number of nitrogens with one attached hydrogen (secondary N) is 1. The Morgan fingerprint density at radius 3 is 1.92 bits per heavy atom. The van der Waals surface area contributed by atoms with Crippen molar-refractivity contribution in [2.24, 2.45) is 0 Å². The van der Waals surface area contributed by atoms with Crippen LogP contribution in [-0.2, 0) is 4.79 Å². The van der Waals surface area contributed by atoms with Gasteiger partial charge < -0.3 is 5.11 Å². The quantitative estimate of drug-likeness (QED) is 0.512. The summed E-state index contributed by atoms with van der Waals surface area (Å²) in [5, 5.41) is 9.15. The van der Waals surface area contributed by atoms with Crippen LogP contribution in [0.5, 0.6) is 0 Å². The Kier molecular flexibility index (Phi) is 3.03. The summed E-state index contributed by atoms with van der Waals surface area (Å²) in [6.07, 6.45) is -5.45. The summed E-state index contributed by atoms with van der Waals surface area (Å²) < 4.78 is 47.8. The van der Waals surface area contributed by atoms with E-state index < -0.39 is 24.5 Å². The number of hydrogen-bond acceptors (Lipinski definition) is 2. The zero-order valence-corrected chi connectivity index (χ0v) is 6.07. The molecule has 1 unspecified atom stereocenters. The van der Waals surface area contributed by atoms with Gasteiger partial charge in [-0.15, -0.1) is 0 Å². The largest absolute Gasteiger partial charge is 0.478 e. The lowest BCUT2D eigenvalue weighted by atomic mass is 10.2. The molecule has 0 fully saturated rings. The Hall–Kier alpha value is -0.850. The highest BCUT2D eigenvalue weighted by Crippen LogP contribution is 2.31. The van der Waals surface area contributed by atoms with Gasteiger partial charge in [0, 0.05) is 0 Å². The second-order valence-corrected chi connectivity index (χ2v) is 1.99. The summed E-state index contributed by atoms with van der Waals surface area (Å²) in [6, 6.07) is 0. The van der Waals surface area contributed by atoms with Crippen LogP contribution >= 0.6 is 0 Å². The first-order valence-electron chi connectivity index (χ1n) is 2.99. The predicted octanol–water partition coefficient (Wildman–Crippen LogP) is 0.909. The first kappa shape index (κ1) is 11.2. The number of carboxylic acids is 1. The van der Waals surface area contributed by atoms with E-state index in [-0.39, 0.29) is 0 Å². The number of aliphatic carboxylic acids is 1. The van der Waals surface area contributed by atoms with Crippen molar-refractivity contribution >= 4 is 5.97 Å². The third-order valence-electron chi connectivity index (χ3n) is 1.11. The van der Waals surface area contributed by atoms with Gasteiger partial charge >= 0.3 is 17.9 Å². The molecule has 12 heavy (non-hydrogen) atoms. The Morgan fingerprint density at radius 1 is 1.42 bits per heavy atom. The normalized spacial score (nSPS) is 17.1. The van der Waals surface area contributed by atoms with Gasteiger partial charge in [-0.2, -0.15) is 13.2 Å². The number of halogens is 4. The van der Waals surface area contributed by atoms with E-state index in [9.17, 15) is 22.4 Å². The van der Waals surface area contributed by atoms with Crippen molar-refractivity contribution in [2.45, 2.75) is 18.9 Å². The number of likely N-dealkylation sites (N-methyl/N-ethyl adjacent to an activating group) is 1. The SMILES string of the molecule is CCNC(F)(C(=O)O)C(F)(F)F. The molecule has 0 amide bonds. The maximum absolute atomic E-state index is 12.6. The molecule has 0 rings (SSSR count). The number of hydrogen-bond donors (Lipinski definition) is 2. The van der Waals surface area contributed by atoms with Crippen LogP contribution in [0.15, 0.2) is 0 Å². The lowest BCUT2D eigenvalue weighted by molar-refractivity contribution is -0.245. The van der Waals surface area contributed by atoms with E-state index in [2.05, 4.69) is 0 Å². The van der Waals surface area contributed by atoms with Crippen molar-refractivity contribution in [1.29, 1.82) is 0 Å². The zero-order valence-electron chi connectivity index (χ0n) is 6.07. The van der Waals surface area contributed by atoms with Crippen LogP contribution in [0.4, 0.5) is 17.6 Å². The average molecular weight is 189 g/mol. The Balaban J connectivity index is 4.75. The van der Waals surface area contributed by atoms with Crippen molar-refractivity contribution in [3.05, 3.63) is 0 Å². The van der Waals surface area contributed by atoms with Gasteiger partial charge in [-0.25, -0.2) is 9.18 Å². The Labute approximate surface area is 65.4 Å². The lowest BCUT2D eigenvalue weighted by Crippen LogP contribution is -2.58. The second-order valence-electron chi connectivity index (χ2n) is 1.99. The predicted molar refractivity (Wildman–Crippen MR) is 31.2 cm³/mol. The first-order valence-corrected chi connectivity index (χ1v) is 2.99. The topological polar surface area (TPSA) is 49.3 Å². The van der Waals surface area contributed by atoms with Crippen LogP contribution in [0.1, 0.15) is 6.92 Å². The molecule has 0 aromatic rings. The van der Waals surface area contributed by atoms with Gasteiger partial charge in [0.05, 0.1) is 0 Å². The van der Waals surface area contributed by atoms with Crippen LogP contribution in [0, 0.1) is 0 Å². The summed E-state index contributed by atoms with van der Waals surface area (Å²) in [6.45, 7) is 0.741. The summed E-state index contributed by atoms with van der Waals surface area (Å²) in [5.74, 6) is -6.93. The minimum atomic E-state index is -5.45. The standard InChI is InChI=1S/C5H7F4NO2/c1-2-10-4(6,3(11)12)5(7,8)9/h10H,2H2,1H3,(H,11,12). The number of carboxylic acid groups (broad SMARTS) is 1. The van der Waals surface area contributed by atoms with E-state index in [1.807, 2.05) is 0 Å². The maximum atomic E-state index is 12.6. The van der Waals surface area contributed by atoms with Gasteiger partial charge in [0.1, 0.15) is 0 Å². The molecule has 0 aromatic heterocycles. The fourth-order valence-electron chi connectivity index (χ4n) is 0.541. The Bertz CT molecular complexity index is 181. The number of carbonyl (C=O) groups is 1. The van der Waals surface area contributed by atoms with Gasteiger partial charge in [0.15, 0.2) is 0 Å². The van der Waals surface area contributed by atoms with Crippen LogP contribution in [0.2, 0.25) is 0 Å². The van der Waals surface area contributed by atoms with Crippen molar-refractivity contribution < 1.29 is 27.5 Å². The molecule has 2 N–H and O–H groups in total. The molecule has 7 heteroatoms. The highest BCUT2D eigenvalue weighted by molar-refractivity contribution is 5.77. The van der Waals surface area contributed by atoms with Crippen molar-refractivity contribution in [3.8, 4) is 0 Å². The van der Waals surface area contributed by atoms with Gasteiger partial charge in [-0.1, -0.05) is 6.92 Å². The molecule has 0 spiro atoms. The Morgan fingerprint density at radius 2 is 1.83 bits per heavy atom. The molecular weight excluding hydrogens is 182 g/mol. The molecular formula is C5H7F4NO2. The maximum Gasteiger partial charge on any atom is 0.448 e. The molecule has 0 saturated heterocycles. The molecule has 0 heterocycles. The van der Waals surface area contributed by atoms with Gasteiger partial charge in [0.25, 0.3) is 0 Å². The minimum absolute atomic E-state index is 0.428. The molecule has 72 valence electrons. The molecule has 0 radical (unpaired) electrons. The fraction of sp³-hybridized carbons (Fsp3) is 0.800. The van der Waals surface area contributed by atoms with Crippen LogP contribution in [-0.4, -0.2) is 29.6 Å².